The van der Waals surface area contributed by atoms with Crippen LogP contribution in [0, 0.1) is 5.92 Å². The number of nitrogens with one attached hydrogen (secondary N) is 3. The minimum Gasteiger partial charge on any atom is -0.381 e. The van der Waals surface area contributed by atoms with Crippen molar-refractivity contribution in [3.05, 3.63) is 68.1 Å². The summed E-state index contributed by atoms with van der Waals surface area (Å²) in [5.74, 6) is -0.556. The van der Waals surface area contributed by atoms with E-state index in [0.717, 1.165) is 5.56 Å². The van der Waals surface area contributed by atoms with Crippen LogP contribution < -0.4 is 16.0 Å². The van der Waals surface area contributed by atoms with Crippen molar-refractivity contribution < 1.29 is 23.9 Å². The van der Waals surface area contributed by atoms with Crippen LogP contribution in [0.4, 0.5) is 0 Å². The fourth-order valence-corrected chi connectivity index (χ4v) is 6.87. The van der Waals surface area contributed by atoms with Gasteiger partial charge in [-0.15, -0.1) is 22.7 Å². The Morgan fingerprint density at radius 1 is 0.957 bits per heavy atom. The third-order valence-electron chi connectivity index (χ3n) is 7.47. The molecule has 2 atom stereocenters. The lowest BCUT2D eigenvalue weighted by atomic mass is 10.0. The maximum Gasteiger partial charge on any atom is 0.271 e. The zero-order valence-corrected chi connectivity index (χ0v) is 28.4. The molecular formula is C33H44N6O5S2. The van der Waals surface area contributed by atoms with Crippen molar-refractivity contribution in [2.45, 2.75) is 71.4 Å². The summed E-state index contributed by atoms with van der Waals surface area (Å²) < 4.78 is 5.38. The minimum atomic E-state index is -0.483. The lowest BCUT2D eigenvalue weighted by Crippen LogP contribution is -2.36. The van der Waals surface area contributed by atoms with Gasteiger partial charge in [-0.3, -0.25) is 19.2 Å². The second-order valence-corrected chi connectivity index (χ2v) is 13.4. The molecule has 2 aromatic heterocycles. The molecule has 3 aromatic rings. The highest BCUT2D eigenvalue weighted by atomic mass is 32.1. The molecular weight excluding hydrogens is 625 g/mol. The van der Waals surface area contributed by atoms with Crippen LogP contribution in [0.5, 0.6) is 0 Å². The number of nitrogens with zero attached hydrogens (tertiary/aromatic N) is 3. The van der Waals surface area contributed by atoms with E-state index in [2.05, 4.69) is 39.8 Å². The van der Waals surface area contributed by atoms with Gasteiger partial charge in [0.25, 0.3) is 11.8 Å². The largest absolute Gasteiger partial charge is 0.381 e. The standard InChI is InChI=1S/C33H44N6O5S2/c1-4-44-17-13-29(41)39-15-8-12-28(40)35-24(18-22(2)3)32-38-27(21-46-32)31(43)36-25(19-23-10-6-5-7-11-23)33-37-26(20-45-33)30(42)34-14-9-16-39/h5-7,10-11,20-22,24-25H,4,8-9,12-19H2,1-3H3,(H,34,42)(H,35,40)(H,36,43)/t24-,25-/m0/s1. The highest BCUT2D eigenvalue weighted by molar-refractivity contribution is 7.10. The predicted octanol–water partition coefficient (Wildman–Crippen LogP) is 4.69. The Morgan fingerprint density at radius 3 is 2.33 bits per heavy atom. The molecule has 13 heteroatoms. The van der Waals surface area contributed by atoms with Gasteiger partial charge in [0.2, 0.25) is 11.8 Å². The molecule has 1 aromatic carbocycles. The monoisotopic (exact) mass is 668 g/mol. The first-order valence-electron chi connectivity index (χ1n) is 15.9. The van der Waals surface area contributed by atoms with E-state index < -0.39 is 6.04 Å². The van der Waals surface area contributed by atoms with E-state index in [9.17, 15) is 19.2 Å². The van der Waals surface area contributed by atoms with E-state index in [-0.39, 0.29) is 59.8 Å². The molecule has 46 heavy (non-hydrogen) atoms. The summed E-state index contributed by atoms with van der Waals surface area (Å²) in [5, 5.41) is 13.8. The van der Waals surface area contributed by atoms with Gasteiger partial charge in [0, 0.05) is 43.4 Å². The van der Waals surface area contributed by atoms with Gasteiger partial charge in [-0.25, -0.2) is 9.97 Å². The number of rotatable bonds is 8. The summed E-state index contributed by atoms with van der Waals surface area (Å²) in [7, 11) is 0. The average Bonchev–Trinajstić information content (AvgIpc) is 3.73. The maximum absolute atomic E-state index is 13.5. The van der Waals surface area contributed by atoms with Gasteiger partial charge in [-0.2, -0.15) is 0 Å². The predicted molar refractivity (Wildman–Crippen MR) is 179 cm³/mol. The number of fused-ring (bicyclic) bond motifs is 4. The normalized spacial score (nSPS) is 18.8. The number of hydrogen-bond donors (Lipinski definition) is 3. The lowest BCUT2D eigenvalue weighted by Gasteiger charge is -2.23. The molecule has 0 saturated carbocycles. The van der Waals surface area contributed by atoms with Gasteiger partial charge in [0.05, 0.1) is 25.1 Å². The van der Waals surface area contributed by atoms with Crippen LogP contribution in [0.1, 0.15) is 102 Å². The van der Waals surface area contributed by atoms with Crippen LogP contribution in [-0.4, -0.2) is 71.3 Å². The third kappa shape index (κ3) is 10.7. The Balaban J connectivity index is 1.59. The first-order valence-corrected chi connectivity index (χ1v) is 17.7. The Kier molecular flexibility index (Phi) is 13.7. The van der Waals surface area contributed by atoms with Crippen LogP contribution in [-0.2, 0) is 20.7 Å². The average molecular weight is 669 g/mol. The maximum atomic E-state index is 13.5. The van der Waals surface area contributed by atoms with Gasteiger partial charge >= 0.3 is 0 Å². The van der Waals surface area contributed by atoms with Gasteiger partial charge in [-0.1, -0.05) is 44.2 Å². The van der Waals surface area contributed by atoms with Crippen molar-refractivity contribution in [3.63, 3.8) is 0 Å². The van der Waals surface area contributed by atoms with Gasteiger partial charge in [0.15, 0.2) is 0 Å². The van der Waals surface area contributed by atoms with Gasteiger partial charge in [0.1, 0.15) is 21.4 Å². The smallest absolute Gasteiger partial charge is 0.271 e. The molecule has 0 fully saturated rings. The summed E-state index contributed by atoms with van der Waals surface area (Å²) in [4.78, 5) is 63.5. The van der Waals surface area contributed by atoms with E-state index in [1.54, 1.807) is 15.7 Å². The fraction of sp³-hybridized carbons (Fsp3) is 0.515. The molecule has 3 heterocycles. The molecule has 4 rings (SSSR count). The van der Waals surface area contributed by atoms with Crippen LogP contribution >= 0.6 is 22.7 Å². The second kappa shape index (κ2) is 17.9. The van der Waals surface area contributed by atoms with Crippen LogP contribution in [0.3, 0.4) is 0 Å². The molecule has 0 radical (unpaired) electrons. The van der Waals surface area contributed by atoms with Gasteiger partial charge < -0.3 is 25.6 Å². The van der Waals surface area contributed by atoms with Crippen LogP contribution in [0.15, 0.2) is 41.1 Å². The van der Waals surface area contributed by atoms with E-state index in [0.29, 0.717) is 68.5 Å². The molecule has 0 aliphatic carbocycles. The number of carbonyl (C=O) groups excluding carboxylic acids is 4. The number of aromatic nitrogens is 2. The Labute approximate surface area is 278 Å². The summed E-state index contributed by atoms with van der Waals surface area (Å²) >= 11 is 2.66. The summed E-state index contributed by atoms with van der Waals surface area (Å²) in [6.07, 6.45) is 2.69. The first-order chi connectivity index (χ1) is 22.2. The van der Waals surface area contributed by atoms with E-state index >= 15 is 0 Å². The highest BCUT2D eigenvalue weighted by Crippen LogP contribution is 2.27. The Morgan fingerprint density at radius 2 is 1.63 bits per heavy atom. The number of hydrogen-bond acceptors (Lipinski definition) is 9. The molecule has 0 spiro atoms. The second-order valence-electron chi connectivity index (χ2n) is 11.6. The Bertz CT molecular complexity index is 1440. The summed E-state index contributed by atoms with van der Waals surface area (Å²) in [6.45, 7) is 8.13. The summed E-state index contributed by atoms with van der Waals surface area (Å²) in [6, 6.07) is 8.96. The van der Waals surface area contributed by atoms with Crippen molar-refractivity contribution in [1.29, 1.82) is 0 Å². The number of thiazole rings is 2. The molecule has 4 bridgehead atoms. The molecule has 0 saturated heterocycles. The molecule has 4 amide bonds. The van der Waals surface area contributed by atoms with E-state index in [1.807, 2.05) is 37.3 Å². The number of ether oxygens (including phenoxy) is 1. The Hall–Kier alpha value is -3.68. The van der Waals surface area contributed by atoms with Crippen molar-refractivity contribution in [2.24, 2.45) is 5.92 Å². The first kappa shape index (κ1) is 35.2. The molecule has 3 N–H and O–H groups in total. The number of amides is 4. The molecule has 1 aliphatic rings. The quantitative estimate of drug-likeness (QED) is 0.296. The SMILES string of the molecule is CCOCCC(=O)N1CCCNC(=O)c2csc(n2)[C@H](Cc2ccccc2)NC(=O)c2csc(n2)[C@H](CC(C)C)NC(=O)CCC1. The van der Waals surface area contributed by atoms with Crippen molar-refractivity contribution in [1.82, 2.24) is 30.8 Å². The highest BCUT2D eigenvalue weighted by Gasteiger charge is 2.25. The molecule has 1 aliphatic heterocycles. The van der Waals surface area contributed by atoms with Crippen LogP contribution in [0.2, 0.25) is 0 Å². The van der Waals surface area contributed by atoms with E-state index in [4.69, 9.17) is 4.74 Å². The molecule has 248 valence electrons. The van der Waals surface area contributed by atoms with Gasteiger partial charge in [-0.05, 0) is 44.1 Å². The fourth-order valence-electron chi connectivity index (χ4n) is 5.16. The molecule has 0 unspecified atom stereocenters. The molecule has 11 nitrogen and oxygen atoms in total. The van der Waals surface area contributed by atoms with Crippen LogP contribution in [0.25, 0.3) is 0 Å². The van der Waals surface area contributed by atoms with Crippen molar-refractivity contribution in [2.75, 3.05) is 32.8 Å². The lowest BCUT2D eigenvalue weighted by molar-refractivity contribution is -0.133. The van der Waals surface area contributed by atoms with E-state index in [1.165, 1.54) is 22.7 Å². The third-order valence-corrected chi connectivity index (χ3v) is 9.39. The number of benzene rings is 1. The topological polar surface area (TPSA) is 143 Å². The van der Waals surface area contributed by atoms with Crippen molar-refractivity contribution >= 4 is 46.3 Å². The zero-order valence-electron chi connectivity index (χ0n) is 26.8. The number of carbonyl (C=O) groups is 4. The van der Waals surface area contributed by atoms with Crippen molar-refractivity contribution in [3.8, 4) is 0 Å². The minimum absolute atomic E-state index is 0.0441. The summed E-state index contributed by atoms with van der Waals surface area (Å²) in [5.41, 5.74) is 1.56. The zero-order chi connectivity index (χ0) is 32.9.